The maximum atomic E-state index is 13.1. The van der Waals surface area contributed by atoms with Crippen molar-refractivity contribution in [3.05, 3.63) is 29.6 Å². The lowest BCUT2D eigenvalue weighted by Gasteiger charge is -2.18. The molecule has 17 heavy (non-hydrogen) atoms. The average Bonchev–Trinajstić information content (AvgIpc) is 2.25. The van der Waals surface area contributed by atoms with Gasteiger partial charge in [0, 0.05) is 11.6 Å². The van der Waals surface area contributed by atoms with Crippen LogP contribution in [0.25, 0.3) is 0 Å². The Bertz CT molecular complexity index is 407. The minimum Gasteiger partial charge on any atom is -0.480 e. The van der Waals surface area contributed by atoms with Gasteiger partial charge in [-0.3, -0.25) is 4.79 Å². The van der Waals surface area contributed by atoms with Crippen molar-refractivity contribution in [3.8, 4) is 5.75 Å². The first kappa shape index (κ1) is 13.4. The third-order valence-corrected chi connectivity index (χ3v) is 2.38. The van der Waals surface area contributed by atoms with Gasteiger partial charge in [0.05, 0.1) is 6.10 Å². The van der Waals surface area contributed by atoms with E-state index < -0.39 is 23.9 Å². The van der Waals surface area contributed by atoms with Crippen molar-refractivity contribution in [1.82, 2.24) is 0 Å². The summed E-state index contributed by atoms with van der Waals surface area (Å²) in [5, 5.41) is 9.50. The molecule has 0 bridgehead atoms. The molecule has 4 nitrogen and oxygen atoms in total. The predicted octanol–water partition coefficient (Wildman–Crippen LogP) is 1.52. The summed E-state index contributed by atoms with van der Waals surface area (Å²) in [5.41, 5.74) is 5.56. The van der Waals surface area contributed by atoms with E-state index in [0.717, 1.165) is 6.07 Å². The second kappa shape index (κ2) is 5.63. The second-order valence-corrected chi connectivity index (χ2v) is 3.78. The van der Waals surface area contributed by atoms with Crippen LogP contribution >= 0.6 is 0 Å². The lowest BCUT2D eigenvalue weighted by Crippen LogP contribution is -2.33. The maximum Gasteiger partial charge on any atom is 0.258 e. The third kappa shape index (κ3) is 3.42. The summed E-state index contributed by atoms with van der Waals surface area (Å²) in [6.07, 6.45) is -1.25. The van der Waals surface area contributed by atoms with Crippen LogP contribution in [0.15, 0.2) is 18.2 Å². The zero-order chi connectivity index (χ0) is 13.0. The van der Waals surface area contributed by atoms with Crippen molar-refractivity contribution < 1.29 is 19.0 Å². The molecule has 2 atom stereocenters. The van der Waals surface area contributed by atoms with E-state index in [0.29, 0.717) is 12.0 Å². The Morgan fingerprint density at radius 2 is 2.24 bits per heavy atom. The summed E-state index contributed by atoms with van der Waals surface area (Å²) in [6, 6.07) is 3.77. The number of halogens is 1. The molecule has 0 aromatic heterocycles. The normalized spacial score (nSPS) is 14.1. The smallest absolute Gasteiger partial charge is 0.258 e. The Morgan fingerprint density at radius 1 is 1.59 bits per heavy atom. The van der Waals surface area contributed by atoms with Crippen LogP contribution in [-0.2, 0) is 4.79 Å². The van der Waals surface area contributed by atoms with Crippen LogP contribution in [0.5, 0.6) is 5.75 Å². The van der Waals surface area contributed by atoms with Crippen LogP contribution in [0, 0.1) is 5.82 Å². The molecular weight excluding hydrogens is 225 g/mol. The lowest BCUT2D eigenvalue weighted by atomic mass is 10.1. The van der Waals surface area contributed by atoms with Crippen molar-refractivity contribution in [1.29, 1.82) is 0 Å². The lowest BCUT2D eigenvalue weighted by molar-refractivity contribution is -0.124. The summed E-state index contributed by atoms with van der Waals surface area (Å²) < 4.78 is 18.4. The van der Waals surface area contributed by atoms with Gasteiger partial charge in [0.2, 0.25) is 0 Å². The number of nitrogens with two attached hydrogens (primary N) is 1. The van der Waals surface area contributed by atoms with Gasteiger partial charge >= 0.3 is 0 Å². The van der Waals surface area contributed by atoms with Crippen LogP contribution in [0.3, 0.4) is 0 Å². The zero-order valence-corrected chi connectivity index (χ0v) is 9.81. The van der Waals surface area contributed by atoms with Crippen molar-refractivity contribution in [2.45, 2.75) is 32.5 Å². The Morgan fingerprint density at radius 3 is 2.71 bits per heavy atom. The fourth-order valence-electron chi connectivity index (χ4n) is 1.45. The first-order valence-corrected chi connectivity index (χ1v) is 5.39. The summed E-state index contributed by atoms with van der Waals surface area (Å²) >= 11 is 0. The Balaban J connectivity index is 3.02. The molecule has 94 valence electrons. The van der Waals surface area contributed by atoms with Gasteiger partial charge in [0.15, 0.2) is 6.10 Å². The van der Waals surface area contributed by atoms with Crippen LogP contribution in [0.1, 0.15) is 31.9 Å². The molecule has 1 amide bonds. The van der Waals surface area contributed by atoms with Crippen molar-refractivity contribution in [2.24, 2.45) is 5.73 Å². The largest absolute Gasteiger partial charge is 0.480 e. The number of hydrogen-bond donors (Lipinski definition) is 2. The predicted molar refractivity (Wildman–Crippen MR) is 60.9 cm³/mol. The highest BCUT2D eigenvalue weighted by Gasteiger charge is 2.18. The van der Waals surface area contributed by atoms with Crippen LogP contribution in [0.2, 0.25) is 0 Å². The molecular formula is C12H16FNO3. The third-order valence-electron chi connectivity index (χ3n) is 2.38. The molecule has 0 aliphatic carbocycles. The number of hydrogen-bond acceptors (Lipinski definition) is 3. The van der Waals surface area contributed by atoms with Gasteiger partial charge in [-0.2, -0.15) is 0 Å². The van der Waals surface area contributed by atoms with E-state index in [1.165, 1.54) is 19.1 Å². The van der Waals surface area contributed by atoms with Gasteiger partial charge in [-0.15, -0.1) is 0 Å². The quantitative estimate of drug-likeness (QED) is 0.821. The summed E-state index contributed by atoms with van der Waals surface area (Å²) in [5.74, 6) is -0.970. The Labute approximate surface area is 99.2 Å². The van der Waals surface area contributed by atoms with E-state index in [1.54, 1.807) is 6.92 Å². The maximum absolute atomic E-state index is 13.1. The molecule has 0 spiro atoms. The highest BCUT2D eigenvalue weighted by Crippen LogP contribution is 2.27. The second-order valence-electron chi connectivity index (χ2n) is 3.78. The Kier molecular flexibility index (Phi) is 4.45. The topological polar surface area (TPSA) is 72.6 Å². The number of aliphatic hydroxyl groups excluding tert-OH is 1. The monoisotopic (exact) mass is 241 g/mol. The van der Waals surface area contributed by atoms with E-state index >= 15 is 0 Å². The molecule has 1 unspecified atom stereocenters. The summed E-state index contributed by atoms with van der Waals surface area (Å²) in [6.45, 7) is 3.27. The van der Waals surface area contributed by atoms with Crippen molar-refractivity contribution >= 4 is 5.91 Å². The molecule has 1 rings (SSSR count). The molecule has 3 N–H and O–H groups in total. The number of aliphatic hydroxyl groups is 1. The zero-order valence-electron chi connectivity index (χ0n) is 9.81. The molecule has 0 aliphatic heterocycles. The first-order valence-electron chi connectivity index (χ1n) is 5.39. The summed E-state index contributed by atoms with van der Waals surface area (Å²) in [7, 11) is 0. The van der Waals surface area contributed by atoms with Gasteiger partial charge in [0.25, 0.3) is 5.91 Å². The van der Waals surface area contributed by atoms with Crippen molar-refractivity contribution in [2.75, 3.05) is 0 Å². The molecule has 5 heteroatoms. The van der Waals surface area contributed by atoms with Crippen LogP contribution in [0.4, 0.5) is 4.39 Å². The van der Waals surface area contributed by atoms with Crippen LogP contribution < -0.4 is 10.5 Å². The van der Waals surface area contributed by atoms with E-state index in [-0.39, 0.29) is 5.75 Å². The Hall–Kier alpha value is -1.62. The summed E-state index contributed by atoms with van der Waals surface area (Å²) in [4.78, 5) is 11.0. The van der Waals surface area contributed by atoms with Gasteiger partial charge < -0.3 is 15.6 Å². The number of ether oxygens (including phenoxy) is 1. The van der Waals surface area contributed by atoms with Gasteiger partial charge in [-0.25, -0.2) is 4.39 Å². The molecule has 0 radical (unpaired) electrons. The SMILES string of the molecule is CCC(Oc1cc(F)ccc1[C@@H](C)O)C(N)=O. The van der Waals surface area contributed by atoms with Gasteiger partial charge in [0.1, 0.15) is 11.6 Å². The standard InChI is InChI=1S/C12H16FNO3/c1-3-10(12(14)16)17-11-6-8(13)4-5-9(11)7(2)15/h4-7,10,15H,3H2,1-2H3,(H2,14,16)/t7-,10?/m1/s1. The number of rotatable bonds is 5. The minimum atomic E-state index is -0.825. The molecule has 1 aromatic rings. The van der Waals surface area contributed by atoms with E-state index in [2.05, 4.69) is 0 Å². The van der Waals surface area contributed by atoms with Crippen molar-refractivity contribution in [3.63, 3.8) is 0 Å². The molecule has 0 aliphatic rings. The van der Waals surface area contributed by atoms with Gasteiger partial charge in [-0.1, -0.05) is 6.92 Å². The van der Waals surface area contributed by atoms with Crippen LogP contribution in [-0.4, -0.2) is 17.1 Å². The van der Waals surface area contributed by atoms with E-state index in [4.69, 9.17) is 10.5 Å². The van der Waals surface area contributed by atoms with E-state index in [9.17, 15) is 14.3 Å². The average molecular weight is 241 g/mol. The minimum absolute atomic E-state index is 0.144. The first-order chi connectivity index (χ1) is 7.95. The number of carbonyl (C=O) groups is 1. The van der Waals surface area contributed by atoms with E-state index in [1.807, 2.05) is 0 Å². The highest BCUT2D eigenvalue weighted by molar-refractivity contribution is 5.79. The molecule has 1 aromatic carbocycles. The highest BCUT2D eigenvalue weighted by atomic mass is 19.1. The fourth-order valence-corrected chi connectivity index (χ4v) is 1.45. The molecule has 0 heterocycles. The number of amides is 1. The molecule has 0 fully saturated rings. The fraction of sp³-hybridized carbons (Fsp3) is 0.417. The number of benzene rings is 1. The number of carbonyl (C=O) groups excluding carboxylic acids is 1. The molecule has 0 saturated carbocycles. The molecule has 0 saturated heterocycles. The number of primary amides is 1. The van der Waals surface area contributed by atoms with Gasteiger partial charge in [-0.05, 0) is 25.5 Å².